The van der Waals surface area contributed by atoms with Gasteiger partial charge in [0, 0.05) is 25.3 Å². The van der Waals surface area contributed by atoms with Gasteiger partial charge in [-0.25, -0.2) is 4.99 Å². The van der Waals surface area contributed by atoms with E-state index in [0.717, 1.165) is 59.2 Å². The second kappa shape index (κ2) is 10.9. The molecule has 7 nitrogen and oxygen atoms in total. The fourth-order valence-electron chi connectivity index (χ4n) is 2.96. The third-order valence-corrected chi connectivity index (χ3v) is 4.78. The number of nitrogens with one attached hydrogen (secondary N) is 2. The van der Waals surface area contributed by atoms with Crippen LogP contribution in [0.5, 0.6) is 11.5 Å². The maximum Gasteiger partial charge on any atom is 0.231 e. The molecule has 0 saturated heterocycles. The van der Waals surface area contributed by atoms with Crippen LogP contribution in [0.15, 0.2) is 27.7 Å². The number of aliphatic imine (C=N–C) groups is 1. The van der Waals surface area contributed by atoms with E-state index in [1.807, 2.05) is 23.7 Å². The van der Waals surface area contributed by atoms with Gasteiger partial charge in [-0.3, -0.25) is 4.68 Å². The number of hydrogen-bond acceptors (Lipinski definition) is 4. The van der Waals surface area contributed by atoms with Crippen LogP contribution >= 0.6 is 39.9 Å². The van der Waals surface area contributed by atoms with E-state index in [-0.39, 0.29) is 30.8 Å². The molecular formula is C19H27BrIN5O2. The Morgan fingerprint density at radius 2 is 2.07 bits per heavy atom. The lowest BCUT2D eigenvalue weighted by Gasteiger charge is -2.12. The maximum absolute atomic E-state index is 5.47. The van der Waals surface area contributed by atoms with E-state index in [2.05, 4.69) is 56.6 Å². The summed E-state index contributed by atoms with van der Waals surface area (Å²) < 4.78 is 13.8. The largest absolute Gasteiger partial charge is 0.454 e. The van der Waals surface area contributed by atoms with Crippen molar-refractivity contribution in [2.24, 2.45) is 4.99 Å². The van der Waals surface area contributed by atoms with Gasteiger partial charge in [0.15, 0.2) is 17.5 Å². The summed E-state index contributed by atoms with van der Waals surface area (Å²) in [5, 5.41) is 11.2. The number of nitrogens with zero attached hydrogens (tertiary/aromatic N) is 3. The molecule has 0 unspecified atom stereocenters. The summed E-state index contributed by atoms with van der Waals surface area (Å²) in [7, 11) is 0. The highest BCUT2D eigenvalue weighted by Gasteiger charge is 2.17. The van der Waals surface area contributed by atoms with Crippen LogP contribution in [0, 0.1) is 13.8 Å². The summed E-state index contributed by atoms with van der Waals surface area (Å²) in [6.45, 7) is 9.52. The molecule has 0 saturated carbocycles. The number of aromatic nitrogens is 2. The van der Waals surface area contributed by atoms with Gasteiger partial charge < -0.3 is 20.1 Å². The SMILES string of the molecule is CCNC(=NCc1cc(Br)c2c(c1)OCO2)NCCCn1nc(C)cc1C.I. The average Bonchev–Trinajstić information content (AvgIpc) is 3.22. The van der Waals surface area contributed by atoms with Crippen molar-refractivity contribution in [3.05, 3.63) is 39.6 Å². The lowest BCUT2D eigenvalue weighted by atomic mass is 10.2. The number of hydrogen-bond donors (Lipinski definition) is 2. The number of fused-ring (bicyclic) bond motifs is 1. The van der Waals surface area contributed by atoms with Gasteiger partial charge in [0.25, 0.3) is 0 Å². The van der Waals surface area contributed by atoms with Gasteiger partial charge in [-0.2, -0.15) is 5.10 Å². The smallest absolute Gasteiger partial charge is 0.231 e. The Morgan fingerprint density at radius 3 is 2.79 bits per heavy atom. The normalized spacial score (nSPS) is 12.6. The molecule has 0 radical (unpaired) electrons. The van der Waals surface area contributed by atoms with Crippen LogP contribution in [0.2, 0.25) is 0 Å². The fraction of sp³-hybridized carbons (Fsp3) is 0.474. The first-order valence-corrected chi connectivity index (χ1v) is 9.97. The van der Waals surface area contributed by atoms with E-state index >= 15 is 0 Å². The Bertz CT molecular complexity index is 825. The molecule has 0 bridgehead atoms. The molecular weight excluding hydrogens is 537 g/mol. The molecule has 28 heavy (non-hydrogen) atoms. The summed E-state index contributed by atoms with van der Waals surface area (Å²) in [6, 6.07) is 6.09. The Hall–Kier alpha value is -1.49. The predicted octanol–water partition coefficient (Wildman–Crippen LogP) is 3.75. The number of ether oxygens (including phenoxy) is 2. The Morgan fingerprint density at radius 1 is 1.25 bits per heavy atom. The van der Waals surface area contributed by atoms with Crippen molar-refractivity contribution >= 4 is 45.9 Å². The molecule has 0 spiro atoms. The number of aryl methyl sites for hydroxylation is 3. The van der Waals surface area contributed by atoms with Crippen LogP contribution in [0.1, 0.15) is 30.3 Å². The molecule has 154 valence electrons. The Labute approximate surface area is 191 Å². The number of halogens is 2. The van der Waals surface area contributed by atoms with Crippen molar-refractivity contribution in [1.29, 1.82) is 0 Å². The standard InChI is InChI=1S/C19H26BrN5O2.HI/c1-4-21-19(22-6-5-7-25-14(3)8-13(2)24-25)23-11-15-9-16(20)18-17(10-15)26-12-27-18;/h8-10H,4-7,11-12H2,1-3H3,(H2,21,22,23);1H. The highest BCUT2D eigenvalue weighted by molar-refractivity contribution is 14.0. The number of guanidine groups is 1. The predicted molar refractivity (Wildman–Crippen MR) is 125 cm³/mol. The maximum atomic E-state index is 5.47. The monoisotopic (exact) mass is 563 g/mol. The van der Waals surface area contributed by atoms with Crippen molar-refractivity contribution in [2.75, 3.05) is 19.9 Å². The molecule has 0 atom stereocenters. The average molecular weight is 564 g/mol. The molecule has 2 aromatic rings. The Kier molecular flexibility index (Phi) is 8.87. The van der Waals surface area contributed by atoms with Crippen LogP contribution in [0.25, 0.3) is 0 Å². The highest BCUT2D eigenvalue weighted by Crippen LogP contribution is 2.40. The third kappa shape index (κ3) is 6.00. The van der Waals surface area contributed by atoms with Gasteiger partial charge in [0.2, 0.25) is 6.79 Å². The lowest BCUT2D eigenvalue weighted by molar-refractivity contribution is 0.173. The topological polar surface area (TPSA) is 72.7 Å². The second-order valence-corrected chi connectivity index (χ2v) is 7.29. The zero-order valence-corrected chi connectivity index (χ0v) is 20.3. The quantitative estimate of drug-likeness (QED) is 0.232. The van der Waals surface area contributed by atoms with Crippen molar-refractivity contribution in [3.63, 3.8) is 0 Å². The second-order valence-electron chi connectivity index (χ2n) is 6.44. The molecule has 1 aliphatic heterocycles. The molecule has 0 amide bonds. The fourth-order valence-corrected chi connectivity index (χ4v) is 3.56. The number of benzene rings is 1. The van der Waals surface area contributed by atoms with Gasteiger partial charge in [-0.1, -0.05) is 0 Å². The third-order valence-electron chi connectivity index (χ3n) is 4.19. The molecule has 1 aromatic carbocycles. The van der Waals surface area contributed by atoms with Gasteiger partial charge in [-0.15, -0.1) is 24.0 Å². The van der Waals surface area contributed by atoms with Gasteiger partial charge in [0.1, 0.15) is 0 Å². The van der Waals surface area contributed by atoms with Gasteiger partial charge in [-0.05, 0) is 66.9 Å². The zero-order chi connectivity index (χ0) is 19.2. The first-order chi connectivity index (χ1) is 13.1. The summed E-state index contributed by atoms with van der Waals surface area (Å²) in [4.78, 5) is 4.67. The summed E-state index contributed by atoms with van der Waals surface area (Å²) in [6.07, 6.45) is 0.974. The molecule has 1 aromatic heterocycles. The van der Waals surface area contributed by atoms with Crippen LogP contribution in [-0.2, 0) is 13.1 Å². The molecule has 2 N–H and O–H groups in total. The van der Waals surface area contributed by atoms with E-state index in [9.17, 15) is 0 Å². The molecule has 9 heteroatoms. The molecule has 0 fully saturated rings. The highest BCUT2D eigenvalue weighted by atomic mass is 127. The van der Waals surface area contributed by atoms with Crippen LogP contribution in [0.3, 0.4) is 0 Å². The molecule has 0 aliphatic carbocycles. The van der Waals surface area contributed by atoms with Crippen molar-refractivity contribution in [1.82, 2.24) is 20.4 Å². The minimum Gasteiger partial charge on any atom is -0.454 e. The Balaban J connectivity index is 0.00000280. The first-order valence-electron chi connectivity index (χ1n) is 9.18. The molecule has 1 aliphatic rings. The van der Waals surface area contributed by atoms with E-state index in [1.165, 1.54) is 5.69 Å². The van der Waals surface area contributed by atoms with Crippen LogP contribution < -0.4 is 20.1 Å². The lowest BCUT2D eigenvalue weighted by Crippen LogP contribution is -2.38. The van der Waals surface area contributed by atoms with Crippen molar-refractivity contribution < 1.29 is 9.47 Å². The minimum absolute atomic E-state index is 0. The van der Waals surface area contributed by atoms with Gasteiger partial charge >= 0.3 is 0 Å². The summed E-state index contributed by atoms with van der Waals surface area (Å²) >= 11 is 3.52. The molecule has 3 rings (SSSR count). The van der Waals surface area contributed by atoms with Crippen LogP contribution in [-0.4, -0.2) is 35.6 Å². The van der Waals surface area contributed by atoms with Crippen LogP contribution in [0.4, 0.5) is 0 Å². The first kappa shape index (κ1) is 22.8. The van der Waals surface area contributed by atoms with Crippen molar-refractivity contribution in [2.45, 2.75) is 40.3 Å². The van der Waals surface area contributed by atoms with E-state index < -0.39 is 0 Å². The minimum atomic E-state index is 0. The summed E-state index contributed by atoms with van der Waals surface area (Å²) in [5.41, 5.74) is 3.32. The van der Waals surface area contributed by atoms with E-state index in [4.69, 9.17) is 9.47 Å². The number of rotatable bonds is 7. The summed E-state index contributed by atoms with van der Waals surface area (Å²) in [5.74, 6) is 2.33. The van der Waals surface area contributed by atoms with E-state index in [1.54, 1.807) is 0 Å². The molecule has 2 heterocycles. The van der Waals surface area contributed by atoms with E-state index in [0.29, 0.717) is 6.54 Å². The van der Waals surface area contributed by atoms with Gasteiger partial charge in [0.05, 0.1) is 16.7 Å². The van der Waals surface area contributed by atoms with Crippen molar-refractivity contribution in [3.8, 4) is 11.5 Å². The zero-order valence-electron chi connectivity index (χ0n) is 16.4.